The molecule has 0 unspecified atom stereocenters. The first-order valence-electron chi connectivity index (χ1n) is 3.05. The molecule has 56 valence electrons. The first-order valence-corrected chi connectivity index (χ1v) is 4.44. The average molecular weight is 148 g/mol. The van der Waals surface area contributed by atoms with Crippen molar-refractivity contribution < 1.29 is 0 Å². The first-order chi connectivity index (χ1) is 4.12. The summed E-state index contributed by atoms with van der Waals surface area (Å²) in [7, 11) is 0. The maximum Gasteiger partial charge on any atom is 0.0157 e. The van der Waals surface area contributed by atoms with E-state index in [0.717, 1.165) is 12.3 Å². The summed E-state index contributed by atoms with van der Waals surface area (Å²) in [5.41, 5.74) is 3.01. The van der Waals surface area contributed by atoms with Gasteiger partial charge in [-0.2, -0.15) is 11.8 Å². The zero-order chi connectivity index (χ0) is 7.33. The second-order valence-electron chi connectivity index (χ2n) is 2.98. The zero-order valence-corrected chi connectivity index (χ0v) is 7.22. The standard InChI is InChI=1S/C6H16N2S/c1-6(2,4-8-7)5-9-3/h8H,4-5,7H2,1-3H3. The van der Waals surface area contributed by atoms with Crippen LogP contribution in [-0.2, 0) is 0 Å². The van der Waals surface area contributed by atoms with E-state index >= 15 is 0 Å². The molecular formula is C6H16N2S. The van der Waals surface area contributed by atoms with Gasteiger partial charge in [0.15, 0.2) is 0 Å². The second-order valence-corrected chi connectivity index (χ2v) is 3.84. The van der Waals surface area contributed by atoms with E-state index in [1.165, 1.54) is 0 Å². The van der Waals surface area contributed by atoms with E-state index in [-0.39, 0.29) is 0 Å². The fraction of sp³-hybridized carbons (Fsp3) is 1.00. The van der Waals surface area contributed by atoms with Gasteiger partial charge in [-0.1, -0.05) is 13.8 Å². The lowest BCUT2D eigenvalue weighted by atomic mass is 9.97. The minimum atomic E-state index is 0.328. The van der Waals surface area contributed by atoms with E-state index < -0.39 is 0 Å². The Morgan fingerprint density at radius 3 is 2.44 bits per heavy atom. The summed E-state index contributed by atoms with van der Waals surface area (Å²) in [6, 6.07) is 0. The molecular weight excluding hydrogens is 132 g/mol. The number of rotatable bonds is 4. The topological polar surface area (TPSA) is 38.0 Å². The van der Waals surface area contributed by atoms with Crippen molar-refractivity contribution >= 4 is 11.8 Å². The molecule has 0 amide bonds. The predicted molar refractivity (Wildman–Crippen MR) is 44.4 cm³/mol. The molecule has 0 saturated carbocycles. The highest BCUT2D eigenvalue weighted by Crippen LogP contribution is 2.18. The molecule has 0 atom stereocenters. The Morgan fingerprint density at radius 2 is 2.11 bits per heavy atom. The van der Waals surface area contributed by atoms with E-state index in [4.69, 9.17) is 5.84 Å². The maximum atomic E-state index is 5.19. The molecule has 0 aromatic rings. The molecule has 0 bridgehead atoms. The number of nitrogens with one attached hydrogen (secondary N) is 1. The summed E-state index contributed by atoms with van der Waals surface area (Å²) in [5, 5.41) is 0. The summed E-state index contributed by atoms with van der Waals surface area (Å²) in [5.74, 6) is 6.34. The van der Waals surface area contributed by atoms with E-state index in [0.29, 0.717) is 5.41 Å². The molecule has 0 aliphatic carbocycles. The molecule has 2 nitrogen and oxygen atoms in total. The maximum absolute atomic E-state index is 5.19. The Bertz CT molecular complexity index is 65.5. The summed E-state index contributed by atoms with van der Waals surface area (Å²) < 4.78 is 0. The molecule has 0 radical (unpaired) electrons. The minimum Gasteiger partial charge on any atom is -0.271 e. The monoisotopic (exact) mass is 148 g/mol. The number of hydrazine groups is 1. The van der Waals surface area contributed by atoms with Gasteiger partial charge in [0.25, 0.3) is 0 Å². The lowest BCUT2D eigenvalue weighted by molar-refractivity contribution is 0.393. The quantitative estimate of drug-likeness (QED) is 0.458. The van der Waals surface area contributed by atoms with Crippen LogP contribution in [0.4, 0.5) is 0 Å². The molecule has 0 heterocycles. The third kappa shape index (κ3) is 4.75. The van der Waals surface area contributed by atoms with Crippen LogP contribution in [0, 0.1) is 5.41 Å². The van der Waals surface area contributed by atoms with Gasteiger partial charge in [-0.3, -0.25) is 11.3 Å². The van der Waals surface area contributed by atoms with Crippen molar-refractivity contribution in [3.05, 3.63) is 0 Å². The lowest BCUT2D eigenvalue weighted by Gasteiger charge is -2.22. The highest BCUT2D eigenvalue weighted by Gasteiger charge is 2.14. The van der Waals surface area contributed by atoms with Gasteiger partial charge in [0.2, 0.25) is 0 Å². The smallest absolute Gasteiger partial charge is 0.0157 e. The van der Waals surface area contributed by atoms with E-state index in [9.17, 15) is 0 Å². The van der Waals surface area contributed by atoms with Gasteiger partial charge in [-0.25, -0.2) is 0 Å². The van der Waals surface area contributed by atoms with Crippen molar-refractivity contribution in [2.75, 3.05) is 18.6 Å². The van der Waals surface area contributed by atoms with Crippen molar-refractivity contribution in [1.82, 2.24) is 5.43 Å². The molecule has 3 N–H and O–H groups in total. The highest BCUT2D eigenvalue weighted by molar-refractivity contribution is 7.98. The molecule has 0 saturated heterocycles. The molecule has 0 aliphatic rings. The zero-order valence-electron chi connectivity index (χ0n) is 6.40. The molecule has 0 aromatic carbocycles. The molecule has 3 heteroatoms. The fourth-order valence-corrected chi connectivity index (χ4v) is 1.60. The third-order valence-electron chi connectivity index (χ3n) is 1.12. The summed E-state index contributed by atoms with van der Waals surface area (Å²) in [4.78, 5) is 0. The van der Waals surface area contributed by atoms with Crippen LogP contribution >= 0.6 is 11.8 Å². The number of nitrogens with two attached hydrogens (primary N) is 1. The van der Waals surface area contributed by atoms with Crippen LogP contribution in [0.25, 0.3) is 0 Å². The molecule has 9 heavy (non-hydrogen) atoms. The van der Waals surface area contributed by atoms with E-state index in [1.54, 1.807) is 0 Å². The van der Waals surface area contributed by atoms with Crippen LogP contribution in [0.5, 0.6) is 0 Å². The third-order valence-corrected chi connectivity index (χ3v) is 2.19. The lowest BCUT2D eigenvalue weighted by Crippen LogP contribution is -2.35. The minimum absolute atomic E-state index is 0.328. The van der Waals surface area contributed by atoms with Crippen molar-refractivity contribution in [2.24, 2.45) is 11.3 Å². The normalized spacial score (nSPS) is 12.0. The second kappa shape index (κ2) is 4.14. The highest BCUT2D eigenvalue weighted by atomic mass is 32.2. The van der Waals surface area contributed by atoms with Gasteiger partial charge >= 0.3 is 0 Å². The Labute approximate surface area is 61.5 Å². The van der Waals surface area contributed by atoms with Crippen LogP contribution < -0.4 is 11.3 Å². The van der Waals surface area contributed by atoms with Crippen molar-refractivity contribution in [3.63, 3.8) is 0 Å². The Hall–Kier alpha value is 0.270. The van der Waals surface area contributed by atoms with Gasteiger partial charge in [0, 0.05) is 6.54 Å². The largest absolute Gasteiger partial charge is 0.271 e. The van der Waals surface area contributed by atoms with Crippen LogP contribution in [0.3, 0.4) is 0 Å². The molecule has 0 aromatic heterocycles. The van der Waals surface area contributed by atoms with Crippen molar-refractivity contribution in [1.29, 1.82) is 0 Å². The first kappa shape index (κ1) is 9.27. The van der Waals surface area contributed by atoms with Crippen LogP contribution in [-0.4, -0.2) is 18.6 Å². The van der Waals surface area contributed by atoms with E-state index in [2.05, 4.69) is 25.5 Å². The van der Waals surface area contributed by atoms with Gasteiger partial charge < -0.3 is 0 Å². The van der Waals surface area contributed by atoms with Gasteiger partial charge in [0.05, 0.1) is 0 Å². The summed E-state index contributed by atoms with van der Waals surface area (Å²) in [6.07, 6.45) is 2.11. The summed E-state index contributed by atoms with van der Waals surface area (Å²) in [6.45, 7) is 5.28. The number of hydrogen-bond donors (Lipinski definition) is 2. The number of hydrogen-bond acceptors (Lipinski definition) is 3. The molecule has 0 rings (SSSR count). The van der Waals surface area contributed by atoms with Crippen LogP contribution in [0.1, 0.15) is 13.8 Å². The Kier molecular flexibility index (Phi) is 4.27. The van der Waals surface area contributed by atoms with Crippen molar-refractivity contribution in [3.8, 4) is 0 Å². The Balaban J connectivity index is 3.43. The molecule has 0 aliphatic heterocycles. The summed E-state index contributed by atoms with van der Waals surface area (Å²) >= 11 is 1.85. The SMILES string of the molecule is CSCC(C)(C)CNN. The van der Waals surface area contributed by atoms with Gasteiger partial charge in [-0.15, -0.1) is 0 Å². The predicted octanol–water partition coefficient (Wildman–Crippen LogP) is 0.839. The van der Waals surface area contributed by atoms with E-state index in [1.807, 2.05) is 11.8 Å². The van der Waals surface area contributed by atoms with Crippen molar-refractivity contribution in [2.45, 2.75) is 13.8 Å². The molecule has 0 spiro atoms. The fourth-order valence-electron chi connectivity index (χ4n) is 0.718. The molecule has 0 fully saturated rings. The number of thioether (sulfide) groups is 1. The van der Waals surface area contributed by atoms with Crippen LogP contribution in [0.15, 0.2) is 0 Å². The average Bonchev–Trinajstić information content (AvgIpc) is 1.64. The van der Waals surface area contributed by atoms with Gasteiger partial charge in [0.1, 0.15) is 0 Å². The Morgan fingerprint density at radius 1 is 1.56 bits per heavy atom. The van der Waals surface area contributed by atoms with Crippen LogP contribution in [0.2, 0.25) is 0 Å². The van der Waals surface area contributed by atoms with Gasteiger partial charge in [-0.05, 0) is 17.4 Å².